The monoisotopic (exact) mass is 462 g/mol. The predicted molar refractivity (Wildman–Crippen MR) is 114 cm³/mol. The molecule has 1 aliphatic rings. The Balaban J connectivity index is 1.47. The second-order valence-electron chi connectivity index (χ2n) is 6.66. The van der Waals surface area contributed by atoms with Gasteiger partial charge in [-0.1, -0.05) is 29.8 Å². The number of amides is 1. The summed E-state index contributed by atoms with van der Waals surface area (Å²) in [5.74, 6) is 0.175. The first-order chi connectivity index (χ1) is 14.8. The average Bonchev–Trinajstić information content (AvgIpc) is 3.03. The van der Waals surface area contributed by atoms with Crippen LogP contribution < -0.4 is 10.1 Å². The number of halogens is 4. The molecule has 0 aliphatic carbocycles. The van der Waals surface area contributed by atoms with Gasteiger partial charge in [0.2, 0.25) is 0 Å². The van der Waals surface area contributed by atoms with Crippen molar-refractivity contribution in [3.8, 4) is 5.75 Å². The number of nitrogens with one attached hydrogen (secondary N) is 1. The van der Waals surface area contributed by atoms with Gasteiger partial charge >= 0.3 is 6.18 Å². The summed E-state index contributed by atoms with van der Waals surface area (Å²) in [6.07, 6.45) is 2.01. The number of rotatable bonds is 4. The lowest BCUT2D eigenvalue weighted by atomic mass is 10.1. The Morgan fingerprint density at radius 1 is 1.19 bits per heavy atom. The van der Waals surface area contributed by atoms with E-state index in [2.05, 4.69) is 10.3 Å². The Hall–Kier alpha value is -3.10. The molecule has 0 saturated carbocycles. The van der Waals surface area contributed by atoms with Gasteiger partial charge in [-0.3, -0.25) is 10.1 Å². The zero-order valence-electron chi connectivity index (χ0n) is 15.7. The largest absolute Gasteiger partial charge is 0.464 e. The molecule has 0 fully saturated rings. The third kappa shape index (κ3) is 5.15. The quantitative estimate of drug-likeness (QED) is 0.492. The number of carbonyl (C=O) groups excluding carboxylic acids is 1. The summed E-state index contributed by atoms with van der Waals surface area (Å²) in [6.45, 7) is 0. The Morgan fingerprint density at radius 2 is 2.03 bits per heavy atom. The summed E-state index contributed by atoms with van der Waals surface area (Å²) < 4.78 is 44.1. The number of benzene rings is 2. The van der Waals surface area contributed by atoms with E-state index in [0.717, 1.165) is 17.0 Å². The first-order valence-electron chi connectivity index (χ1n) is 9.04. The third-order valence-electron chi connectivity index (χ3n) is 4.39. The zero-order valence-corrected chi connectivity index (χ0v) is 17.3. The van der Waals surface area contributed by atoms with Crippen molar-refractivity contribution in [3.63, 3.8) is 0 Å². The van der Waals surface area contributed by atoms with Crippen molar-refractivity contribution in [1.82, 2.24) is 4.98 Å². The summed E-state index contributed by atoms with van der Waals surface area (Å²) in [5, 5.41) is 3.57. The lowest BCUT2D eigenvalue weighted by molar-refractivity contribution is -0.137. The van der Waals surface area contributed by atoms with Crippen LogP contribution in [0.15, 0.2) is 66.6 Å². The molecule has 158 valence electrons. The van der Waals surface area contributed by atoms with E-state index >= 15 is 0 Å². The maximum Gasteiger partial charge on any atom is 0.416 e. The van der Waals surface area contributed by atoms with Crippen molar-refractivity contribution in [2.45, 2.75) is 12.6 Å². The van der Waals surface area contributed by atoms with Crippen LogP contribution in [0.25, 0.3) is 6.08 Å². The first-order valence-corrected chi connectivity index (χ1v) is 10.2. The molecule has 0 spiro atoms. The number of nitrogens with zero attached hydrogens (tertiary/aromatic N) is 1. The minimum absolute atomic E-state index is 0.278. The van der Waals surface area contributed by atoms with Crippen LogP contribution >= 0.6 is 22.9 Å². The molecule has 0 unspecified atom stereocenters. The van der Waals surface area contributed by atoms with Crippen molar-refractivity contribution in [3.05, 3.63) is 93.2 Å². The standard InChI is InChI=1S/C22H14ClF3N2O2S/c23-17-4-5-19-15(11-17)10-14(6-7-30-19)20(29)28-21-27-12-18(31-21)9-13-2-1-3-16(8-13)22(24,25)26/h1-8,10-12H,9H2,(H,27,28,29). The molecule has 0 saturated heterocycles. The van der Waals surface area contributed by atoms with Crippen molar-refractivity contribution >= 4 is 40.1 Å². The second kappa shape index (κ2) is 8.56. The summed E-state index contributed by atoms with van der Waals surface area (Å²) in [5.41, 5.74) is 0.816. The van der Waals surface area contributed by atoms with Gasteiger partial charge in [0.25, 0.3) is 5.91 Å². The highest BCUT2D eigenvalue weighted by molar-refractivity contribution is 7.15. The van der Waals surface area contributed by atoms with E-state index in [4.69, 9.17) is 16.3 Å². The molecular weight excluding hydrogens is 449 g/mol. The smallest absolute Gasteiger partial charge is 0.416 e. The molecular formula is C22H14ClF3N2O2S. The van der Waals surface area contributed by atoms with E-state index in [1.54, 1.807) is 30.3 Å². The molecule has 1 aromatic heterocycles. The molecule has 1 amide bonds. The number of anilines is 1. The maximum absolute atomic E-state index is 12.9. The van der Waals surface area contributed by atoms with Gasteiger partial charge in [-0.25, -0.2) is 4.98 Å². The van der Waals surface area contributed by atoms with Gasteiger partial charge in [-0.05, 0) is 42.0 Å². The molecule has 4 nitrogen and oxygen atoms in total. The van der Waals surface area contributed by atoms with Gasteiger partial charge in [0.1, 0.15) is 5.75 Å². The molecule has 1 N–H and O–H groups in total. The minimum Gasteiger partial charge on any atom is -0.464 e. The Morgan fingerprint density at radius 3 is 2.84 bits per heavy atom. The topological polar surface area (TPSA) is 51.2 Å². The van der Waals surface area contributed by atoms with Crippen LogP contribution in [0.3, 0.4) is 0 Å². The normalized spacial score (nSPS) is 13.1. The lowest BCUT2D eigenvalue weighted by Gasteiger charge is -2.07. The molecule has 4 rings (SSSR count). The molecule has 0 atom stereocenters. The van der Waals surface area contributed by atoms with Crippen LogP contribution in [0.2, 0.25) is 5.02 Å². The van der Waals surface area contributed by atoms with E-state index in [1.165, 1.54) is 35.9 Å². The van der Waals surface area contributed by atoms with Gasteiger partial charge in [-0.2, -0.15) is 13.2 Å². The van der Waals surface area contributed by atoms with E-state index in [1.807, 2.05) is 0 Å². The van der Waals surface area contributed by atoms with Gasteiger partial charge < -0.3 is 4.74 Å². The van der Waals surface area contributed by atoms with Gasteiger partial charge in [0.05, 0.1) is 11.8 Å². The van der Waals surface area contributed by atoms with Crippen LogP contribution in [0, 0.1) is 0 Å². The number of ether oxygens (including phenoxy) is 1. The number of hydrogen-bond acceptors (Lipinski definition) is 4. The first kappa shape index (κ1) is 21.1. The fourth-order valence-electron chi connectivity index (χ4n) is 2.95. The number of fused-ring (bicyclic) bond motifs is 1. The number of aromatic nitrogens is 1. The molecule has 31 heavy (non-hydrogen) atoms. The maximum atomic E-state index is 12.9. The van der Waals surface area contributed by atoms with E-state index in [9.17, 15) is 18.0 Å². The van der Waals surface area contributed by atoms with E-state index in [-0.39, 0.29) is 6.42 Å². The van der Waals surface area contributed by atoms with Gasteiger partial charge in [0.15, 0.2) is 5.13 Å². The molecule has 0 radical (unpaired) electrons. The fourth-order valence-corrected chi connectivity index (χ4v) is 3.97. The molecule has 0 bridgehead atoms. The number of carbonyl (C=O) groups is 1. The summed E-state index contributed by atoms with van der Waals surface area (Å²) in [7, 11) is 0. The summed E-state index contributed by atoms with van der Waals surface area (Å²) in [4.78, 5) is 17.5. The van der Waals surface area contributed by atoms with Crippen LogP contribution in [0.1, 0.15) is 21.6 Å². The van der Waals surface area contributed by atoms with Crippen molar-refractivity contribution in [2.75, 3.05) is 5.32 Å². The predicted octanol–water partition coefficient (Wildman–Crippen LogP) is 6.33. The average molecular weight is 463 g/mol. The van der Waals surface area contributed by atoms with Crippen LogP contribution in [-0.4, -0.2) is 10.9 Å². The highest BCUT2D eigenvalue weighted by atomic mass is 35.5. The second-order valence-corrected chi connectivity index (χ2v) is 8.21. The molecule has 9 heteroatoms. The number of hydrogen-bond donors (Lipinski definition) is 1. The van der Waals surface area contributed by atoms with E-state index in [0.29, 0.717) is 32.6 Å². The highest BCUT2D eigenvalue weighted by Crippen LogP contribution is 2.31. The molecule has 2 aromatic carbocycles. The van der Waals surface area contributed by atoms with Crippen LogP contribution in [0.5, 0.6) is 5.75 Å². The summed E-state index contributed by atoms with van der Waals surface area (Å²) in [6, 6.07) is 10.2. The third-order valence-corrected chi connectivity index (χ3v) is 5.54. The SMILES string of the molecule is O=C(Nc1ncc(Cc2cccc(C(F)(F)F)c2)s1)C1=Cc2cc(Cl)ccc2OC=C1. The molecule has 2 heterocycles. The van der Waals surface area contributed by atoms with Crippen LogP contribution in [-0.2, 0) is 17.4 Å². The van der Waals surface area contributed by atoms with Crippen molar-refractivity contribution in [1.29, 1.82) is 0 Å². The van der Waals surface area contributed by atoms with E-state index < -0.39 is 17.6 Å². The van der Waals surface area contributed by atoms with Gasteiger partial charge in [-0.15, -0.1) is 11.3 Å². The highest BCUT2D eigenvalue weighted by Gasteiger charge is 2.30. The summed E-state index contributed by atoms with van der Waals surface area (Å²) >= 11 is 7.21. The Bertz CT molecular complexity index is 1200. The zero-order chi connectivity index (χ0) is 22.0. The van der Waals surface area contributed by atoms with Crippen LogP contribution in [0.4, 0.5) is 18.3 Å². The van der Waals surface area contributed by atoms with Crippen molar-refractivity contribution < 1.29 is 22.7 Å². The van der Waals surface area contributed by atoms with Gasteiger partial charge in [0, 0.05) is 33.7 Å². The Labute approximate surface area is 184 Å². The Kier molecular flexibility index (Phi) is 5.84. The molecule has 3 aromatic rings. The van der Waals surface area contributed by atoms with Crippen molar-refractivity contribution in [2.24, 2.45) is 0 Å². The lowest BCUT2D eigenvalue weighted by Crippen LogP contribution is -2.12. The minimum atomic E-state index is -4.39. The number of thiazole rings is 1. The number of alkyl halides is 3. The fraction of sp³-hybridized carbons (Fsp3) is 0.0909. The molecule has 1 aliphatic heterocycles.